The summed E-state index contributed by atoms with van der Waals surface area (Å²) >= 11 is 0. The maximum atomic E-state index is 13.9. The highest BCUT2D eigenvalue weighted by molar-refractivity contribution is 5.52. The number of anilines is 1. The molecule has 0 aliphatic carbocycles. The van der Waals surface area contributed by atoms with Crippen molar-refractivity contribution in [3.8, 4) is 5.69 Å². The first-order chi connectivity index (χ1) is 10.3. The Bertz CT molecular complexity index is 720. The molecule has 7 nitrogen and oxygen atoms in total. The fourth-order valence-electron chi connectivity index (χ4n) is 2.05. The number of nitrogens with zero attached hydrogens (tertiary/aromatic N) is 6. The highest BCUT2D eigenvalue weighted by atomic mass is 19.1. The molecule has 0 bridgehead atoms. The molecule has 2 aromatic heterocycles. The molecule has 0 unspecified atom stereocenters. The van der Waals surface area contributed by atoms with Crippen molar-refractivity contribution in [2.45, 2.75) is 20.0 Å². The van der Waals surface area contributed by atoms with Crippen LogP contribution in [0.3, 0.4) is 0 Å². The maximum absolute atomic E-state index is 13.9. The van der Waals surface area contributed by atoms with Gasteiger partial charge in [-0.25, -0.2) is 9.07 Å². The van der Waals surface area contributed by atoms with Crippen LogP contribution in [0.15, 0.2) is 36.8 Å². The lowest BCUT2D eigenvalue weighted by molar-refractivity contribution is 0.618. The zero-order chi connectivity index (χ0) is 14.7. The van der Waals surface area contributed by atoms with Gasteiger partial charge in [-0.3, -0.25) is 4.68 Å². The van der Waals surface area contributed by atoms with Gasteiger partial charge in [0.2, 0.25) is 0 Å². The van der Waals surface area contributed by atoms with E-state index in [1.165, 1.54) is 17.1 Å². The number of hydrogen-bond donors (Lipinski definition) is 1. The minimum absolute atomic E-state index is 0.325. The van der Waals surface area contributed by atoms with E-state index >= 15 is 0 Å². The van der Waals surface area contributed by atoms with Gasteiger partial charge in [-0.1, -0.05) is 0 Å². The molecule has 0 aliphatic rings. The normalized spacial score (nSPS) is 10.8. The van der Waals surface area contributed by atoms with Gasteiger partial charge in [0, 0.05) is 12.7 Å². The molecule has 0 atom stereocenters. The number of rotatable bonds is 5. The summed E-state index contributed by atoms with van der Waals surface area (Å²) in [7, 11) is 0. The Morgan fingerprint density at radius 2 is 2.19 bits per heavy atom. The van der Waals surface area contributed by atoms with Gasteiger partial charge in [-0.2, -0.15) is 5.10 Å². The van der Waals surface area contributed by atoms with Gasteiger partial charge in [0.1, 0.15) is 12.1 Å². The summed E-state index contributed by atoms with van der Waals surface area (Å²) in [6, 6.07) is 6.57. The van der Waals surface area contributed by atoms with Gasteiger partial charge in [0.25, 0.3) is 0 Å². The van der Waals surface area contributed by atoms with Crippen molar-refractivity contribution in [3.05, 3.63) is 48.3 Å². The quantitative estimate of drug-likeness (QED) is 0.772. The SMILES string of the molecule is CCn1nccc1CNc1cc(-n2cnnn2)ccc1F. The first-order valence-corrected chi connectivity index (χ1v) is 6.55. The molecule has 0 aliphatic heterocycles. The largest absolute Gasteiger partial charge is 0.377 e. The molecule has 0 saturated heterocycles. The summed E-state index contributed by atoms with van der Waals surface area (Å²) in [5.74, 6) is -0.325. The predicted molar refractivity (Wildman–Crippen MR) is 74.3 cm³/mol. The summed E-state index contributed by atoms with van der Waals surface area (Å²) in [4.78, 5) is 0. The van der Waals surface area contributed by atoms with Crippen LogP contribution in [0.25, 0.3) is 5.69 Å². The molecular weight excluding hydrogens is 273 g/mol. The molecule has 0 amide bonds. The molecule has 2 heterocycles. The van der Waals surface area contributed by atoms with Crippen LogP contribution in [-0.4, -0.2) is 30.0 Å². The molecule has 108 valence electrons. The highest BCUT2D eigenvalue weighted by Gasteiger charge is 2.07. The number of nitrogens with one attached hydrogen (secondary N) is 1. The van der Waals surface area contributed by atoms with E-state index in [9.17, 15) is 4.39 Å². The van der Waals surface area contributed by atoms with Gasteiger partial charge < -0.3 is 5.32 Å². The van der Waals surface area contributed by atoms with Crippen LogP contribution in [0.1, 0.15) is 12.6 Å². The number of tetrazole rings is 1. The van der Waals surface area contributed by atoms with E-state index < -0.39 is 0 Å². The molecule has 3 rings (SSSR count). The average Bonchev–Trinajstić information content (AvgIpc) is 3.17. The van der Waals surface area contributed by atoms with Crippen LogP contribution in [0.2, 0.25) is 0 Å². The average molecular weight is 287 g/mol. The lowest BCUT2D eigenvalue weighted by atomic mass is 10.2. The van der Waals surface area contributed by atoms with Crippen LogP contribution in [0.5, 0.6) is 0 Å². The van der Waals surface area contributed by atoms with Crippen molar-refractivity contribution in [1.29, 1.82) is 0 Å². The smallest absolute Gasteiger partial charge is 0.146 e. The van der Waals surface area contributed by atoms with Crippen molar-refractivity contribution >= 4 is 5.69 Å². The predicted octanol–water partition coefficient (Wildman–Crippen LogP) is 1.63. The van der Waals surface area contributed by atoms with Crippen molar-refractivity contribution in [1.82, 2.24) is 30.0 Å². The molecule has 0 radical (unpaired) electrons. The fourth-order valence-corrected chi connectivity index (χ4v) is 2.05. The first kappa shape index (κ1) is 13.2. The summed E-state index contributed by atoms with van der Waals surface area (Å²) in [5.41, 5.74) is 2.07. The lowest BCUT2D eigenvalue weighted by Gasteiger charge is -2.10. The molecule has 1 N–H and O–H groups in total. The second-order valence-electron chi connectivity index (χ2n) is 4.41. The number of benzene rings is 1. The summed E-state index contributed by atoms with van der Waals surface area (Å²) in [6.07, 6.45) is 3.19. The van der Waals surface area contributed by atoms with Gasteiger partial charge in [0.15, 0.2) is 0 Å². The second kappa shape index (κ2) is 5.70. The van der Waals surface area contributed by atoms with Crippen molar-refractivity contribution in [2.75, 3.05) is 5.32 Å². The Balaban J connectivity index is 1.80. The zero-order valence-corrected chi connectivity index (χ0v) is 11.4. The fraction of sp³-hybridized carbons (Fsp3) is 0.231. The summed E-state index contributed by atoms with van der Waals surface area (Å²) < 4.78 is 17.2. The molecule has 0 fully saturated rings. The zero-order valence-electron chi connectivity index (χ0n) is 11.4. The standard InChI is InChI=1S/C13H14FN7/c1-2-20-11(5-6-17-20)8-15-13-7-10(3-4-12(13)14)21-9-16-18-19-21/h3-7,9,15H,2,8H2,1H3. The maximum Gasteiger partial charge on any atom is 0.146 e. The van der Waals surface area contributed by atoms with Gasteiger partial charge in [0.05, 0.1) is 23.6 Å². The second-order valence-corrected chi connectivity index (χ2v) is 4.41. The monoisotopic (exact) mass is 287 g/mol. The lowest BCUT2D eigenvalue weighted by Crippen LogP contribution is -2.09. The van der Waals surface area contributed by atoms with Crippen LogP contribution in [0.4, 0.5) is 10.1 Å². The molecule has 21 heavy (non-hydrogen) atoms. The van der Waals surface area contributed by atoms with E-state index in [0.29, 0.717) is 17.9 Å². The number of aromatic nitrogens is 6. The molecule has 3 aromatic rings. The molecule has 8 heteroatoms. The minimum Gasteiger partial charge on any atom is -0.377 e. The molecule has 0 saturated carbocycles. The van der Waals surface area contributed by atoms with E-state index in [-0.39, 0.29) is 5.82 Å². The van der Waals surface area contributed by atoms with E-state index in [1.807, 2.05) is 17.7 Å². The van der Waals surface area contributed by atoms with Crippen LogP contribution in [-0.2, 0) is 13.1 Å². The number of halogens is 1. The van der Waals surface area contributed by atoms with Crippen LogP contribution < -0.4 is 5.32 Å². The van der Waals surface area contributed by atoms with Crippen LogP contribution in [0, 0.1) is 5.82 Å². The first-order valence-electron chi connectivity index (χ1n) is 6.55. The Morgan fingerprint density at radius 3 is 2.95 bits per heavy atom. The van der Waals surface area contributed by atoms with Gasteiger partial charge in [-0.15, -0.1) is 5.10 Å². The molecule has 1 aromatic carbocycles. The topological polar surface area (TPSA) is 73.5 Å². The third-order valence-electron chi connectivity index (χ3n) is 3.13. The number of hydrogen-bond acceptors (Lipinski definition) is 5. The highest BCUT2D eigenvalue weighted by Crippen LogP contribution is 2.19. The minimum atomic E-state index is -0.325. The van der Waals surface area contributed by atoms with E-state index in [1.54, 1.807) is 18.3 Å². The molecule has 0 spiro atoms. The van der Waals surface area contributed by atoms with Gasteiger partial charge in [-0.05, 0) is 41.6 Å². The van der Waals surface area contributed by atoms with E-state index in [4.69, 9.17) is 0 Å². The Kier molecular flexibility index (Phi) is 3.59. The third-order valence-corrected chi connectivity index (χ3v) is 3.13. The Hall–Kier alpha value is -2.77. The summed E-state index contributed by atoms with van der Waals surface area (Å²) in [6.45, 7) is 3.27. The Labute approximate surface area is 120 Å². The van der Waals surface area contributed by atoms with E-state index in [0.717, 1.165) is 12.2 Å². The molecular formula is C13H14FN7. The Morgan fingerprint density at radius 1 is 1.29 bits per heavy atom. The van der Waals surface area contributed by atoms with Gasteiger partial charge >= 0.3 is 0 Å². The van der Waals surface area contributed by atoms with Crippen molar-refractivity contribution < 1.29 is 4.39 Å². The number of aryl methyl sites for hydroxylation is 1. The van der Waals surface area contributed by atoms with E-state index in [2.05, 4.69) is 25.9 Å². The van der Waals surface area contributed by atoms with Crippen molar-refractivity contribution in [2.24, 2.45) is 0 Å². The summed E-state index contributed by atoms with van der Waals surface area (Å²) in [5, 5.41) is 18.2. The van der Waals surface area contributed by atoms with Crippen LogP contribution >= 0.6 is 0 Å². The van der Waals surface area contributed by atoms with Crippen molar-refractivity contribution in [3.63, 3.8) is 0 Å². The third kappa shape index (κ3) is 2.73.